The zero-order valence-corrected chi connectivity index (χ0v) is 23.2. The van der Waals surface area contributed by atoms with Crippen molar-refractivity contribution in [1.82, 2.24) is 19.6 Å². The lowest BCUT2D eigenvalue weighted by atomic mass is 9.96. The highest BCUT2D eigenvalue weighted by Gasteiger charge is 2.37. The number of hydrogen-bond acceptors (Lipinski definition) is 9. The monoisotopic (exact) mass is 550 g/mol. The van der Waals surface area contributed by atoms with Crippen LogP contribution in [0.25, 0.3) is 0 Å². The molecule has 0 unspecified atom stereocenters. The van der Waals surface area contributed by atoms with Crippen molar-refractivity contribution in [3.05, 3.63) is 36.7 Å². The molecule has 0 bridgehead atoms. The number of H-pyrrole nitrogens is 1. The van der Waals surface area contributed by atoms with Gasteiger partial charge in [-0.15, -0.1) is 0 Å². The van der Waals surface area contributed by atoms with Gasteiger partial charge in [0.1, 0.15) is 6.04 Å². The van der Waals surface area contributed by atoms with Crippen LogP contribution in [0.3, 0.4) is 0 Å². The molecule has 1 fully saturated rings. The number of anilines is 2. The lowest BCUT2D eigenvalue weighted by Crippen LogP contribution is -2.55. The summed E-state index contributed by atoms with van der Waals surface area (Å²) in [4.78, 5) is 36.2. The summed E-state index contributed by atoms with van der Waals surface area (Å²) in [6.45, 7) is 4.63. The van der Waals surface area contributed by atoms with Crippen molar-refractivity contribution < 1.29 is 27.5 Å². The lowest BCUT2D eigenvalue weighted by molar-refractivity contribution is -0.150. The second-order valence-corrected chi connectivity index (χ2v) is 11.2. The number of nitrogens with zero attached hydrogens (tertiary/aromatic N) is 3. The predicted octanol–water partition coefficient (Wildman–Crippen LogP) is 2.77. The Bertz CT molecular complexity index is 1140. The first-order chi connectivity index (χ1) is 18.1. The van der Waals surface area contributed by atoms with Crippen molar-refractivity contribution in [1.29, 1.82) is 0 Å². The number of benzene rings is 1. The van der Waals surface area contributed by atoms with Crippen molar-refractivity contribution in [3.8, 4) is 0 Å². The van der Waals surface area contributed by atoms with Gasteiger partial charge in [0.2, 0.25) is 15.9 Å². The minimum absolute atomic E-state index is 0.0567. The van der Waals surface area contributed by atoms with Gasteiger partial charge in [0, 0.05) is 51.7 Å². The van der Waals surface area contributed by atoms with Gasteiger partial charge in [-0.25, -0.2) is 18.2 Å². The van der Waals surface area contributed by atoms with E-state index in [2.05, 4.69) is 20.0 Å². The molecule has 0 saturated carbocycles. The summed E-state index contributed by atoms with van der Waals surface area (Å²) >= 11 is 0. The Morgan fingerprint density at radius 3 is 2.63 bits per heavy atom. The molecule has 1 amide bonds. The first kappa shape index (κ1) is 29.2. The van der Waals surface area contributed by atoms with Gasteiger partial charge in [0.15, 0.2) is 12.2 Å². The molecule has 0 spiro atoms. The van der Waals surface area contributed by atoms with E-state index in [0.29, 0.717) is 38.3 Å². The Labute approximate surface area is 224 Å². The molecule has 1 aromatic heterocycles. The largest absolute Gasteiger partial charge is 0.510 e. The zero-order valence-electron chi connectivity index (χ0n) is 22.3. The molecular weight excluding hydrogens is 512 g/mol. The number of hydrogen-bond donors (Lipinski definition) is 3. The summed E-state index contributed by atoms with van der Waals surface area (Å²) in [5.41, 5.74) is 0.849. The summed E-state index contributed by atoms with van der Waals surface area (Å²) in [7, 11) is -0.288. The quantitative estimate of drug-likeness (QED) is 0.268. The first-order valence-corrected chi connectivity index (χ1v) is 14.3. The minimum Gasteiger partial charge on any atom is -0.435 e. The lowest BCUT2D eigenvalue weighted by Gasteiger charge is -2.39. The van der Waals surface area contributed by atoms with E-state index in [1.807, 2.05) is 25.9 Å². The molecule has 38 heavy (non-hydrogen) atoms. The topological polar surface area (TPSA) is 146 Å². The highest BCUT2D eigenvalue weighted by atomic mass is 32.2. The van der Waals surface area contributed by atoms with Gasteiger partial charge in [-0.1, -0.05) is 6.92 Å². The molecule has 1 aliphatic rings. The van der Waals surface area contributed by atoms with Crippen LogP contribution in [-0.2, 0) is 24.3 Å². The van der Waals surface area contributed by atoms with Gasteiger partial charge in [0.25, 0.3) is 0 Å². The molecule has 1 saturated heterocycles. The molecule has 2 aromatic rings. The average Bonchev–Trinajstić information content (AvgIpc) is 3.39. The maximum Gasteiger partial charge on any atom is 0.510 e. The van der Waals surface area contributed by atoms with Crippen LogP contribution in [0.1, 0.15) is 39.5 Å². The van der Waals surface area contributed by atoms with Crippen LogP contribution in [0.15, 0.2) is 41.6 Å². The van der Waals surface area contributed by atoms with Crippen LogP contribution in [0.4, 0.5) is 16.4 Å². The summed E-state index contributed by atoms with van der Waals surface area (Å²) in [5, 5.41) is 3.11. The van der Waals surface area contributed by atoms with Crippen LogP contribution >= 0.6 is 0 Å². The van der Waals surface area contributed by atoms with E-state index in [1.165, 1.54) is 17.0 Å². The molecule has 2 heterocycles. The van der Waals surface area contributed by atoms with Gasteiger partial charge in [0.05, 0.1) is 11.5 Å². The van der Waals surface area contributed by atoms with Gasteiger partial charge >= 0.3 is 6.16 Å². The van der Waals surface area contributed by atoms with Crippen molar-refractivity contribution in [2.24, 2.45) is 5.92 Å². The molecule has 3 N–H and O–H groups in total. The number of rotatable bonds is 12. The number of carbonyl (C=O) groups excluding carboxylic acids is 2. The molecule has 1 aliphatic heterocycles. The van der Waals surface area contributed by atoms with Crippen molar-refractivity contribution in [3.63, 3.8) is 0 Å². The minimum atomic E-state index is -4.01. The Morgan fingerprint density at radius 2 is 2.00 bits per heavy atom. The number of likely N-dealkylation sites (tertiary alicyclic amines) is 1. The van der Waals surface area contributed by atoms with E-state index in [0.717, 1.165) is 5.69 Å². The smallest absolute Gasteiger partial charge is 0.435 e. The summed E-state index contributed by atoms with van der Waals surface area (Å²) in [5.74, 6) is 0.362. The Morgan fingerprint density at radius 1 is 1.26 bits per heavy atom. The Kier molecular flexibility index (Phi) is 10.4. The molecule has 1 aromatic carbocycles. The number of sulfonamides is 1. The van der Waals surface area contributed by atoms with E-state index >= 15 is 0 Å². The van der Waals surface area contributed by atoms with E-state index < -0.39 is 34.4 Å². The Hall–Kier alpha value is -3.32. The number of nitrogens with one attached hydrogen (secondary N) is 3. The maximum absolute atomic E-state index is 13.8. The fourth-order valence-corrected chi connectivity index (χ4v) is 5.43. The first-order valence-electron chi connectivity index (χ1n) is 12.8. The fraction of sp³-hybridized carbons (Fsp3) is 0.560. The third-order valence-electron chi connectivity index (χ3n) is 6.31. The molecule has 13 heteroatoms. The van der Waals surface area contributed by atoms with E-state index in [1.54, 1.807) is 31.5 Å². The molecule has 210 valence electrons. The number of aromatic nitrogens is 2. The second kappa shape index (κ2) is 13.5. The van der Waals surface area contributed by atoms with Crippen molar-refractivity contribution in [2.45, 2.75) is 56.7 Å². The Balaban J connectivity index is 1.78. The number of carbonyl (C=O) groups is 2. The van der Waals surface area contributed by atoms with E-state index in [4.69, 9.17) is 9.47 Å². The van der Waals surface area contributed by atoms with Crippen LogP contribution in [0.5, 0.6) is 0 Å². The summed E-state index contributed by atoms with van der Waals surface area (Å²) in [6, 6.07) is 5.36. The van der Waals surface area contributed by atoms with E-state index in [-0.39, 0.29) is 23.8 Å². The highest BCUT2D eigenvalue weighted by molar-refractivity contribution is 7.89. The van der Waals surface area contributed by atoms with Crippen molar-refractivity contribution >= 4 is 33.7 Å². The number of imidazole rings is 1. The number of piperidine rings is 1. The van der Waals surface area contributed by atoms with Gasteiger partial charge in [-0.05, 0) is 56.4 Å². The molecule has 12 nitrogen and oxygen atoms in total. The SMILES string of the molecule is CCOC(=O)O[C@@H]1C[C@H](C)CCN1C(=O)[C@H](CCCNc1ncc[nH]1)NS(=O)(=O)c1ccc(N(C)C)cc1. The molecule has 0 aliphatic carbocycles. The molecule has 3 atom stereocenters. The average molecular weight is 551 g/mol. The molecular formula is C25H38N6O6S. The fourth-order valence-electron chi connectivity index (χ4n) is 4.21. The standard InChI is InChI=1S/C25H38N6O6S/c1-5-36-25(33)37-22-17-18(2)12-16-31(22)23(32)21(7-6-13-26-24-27-14-15-28-24)29-38(34,35)20-10-8-19(9-11-20)30(3)4/h8-11,14-15,18,21-22,29H,5-7,12-13,16-17H2,1-4H3,(H2,26,27,28)/t18-,21+,22-/m1/s1. The normalized spacial score (nSPS) is 18.5. The third-order valence-corrected chi connectivity index (χ3v) is 7.80. The van der Waals surface area contributed by atoms with Gasteiger partial charge in [-0.2, -0.15) is 4.72 Å². The molecule has 3 rings (SSSR count). The summed E-state index contributed by atoms with van der Waals surface area (Å²) < 4.78 is 39.6. The molecule has 0 radical (unpaired) electrons. The van der Waals surface area contributed by atoms with E-state index in [9.17, 15) is 18.0 Å². The van der Waals surface area contributed by atoms with Crippen LogP contribution in [0, 0.1) is 5.92 Å². The van der Waals surface area contributed by atoms with Crippen molar-refractivity contribution in [2.75, 3.05) is 44.0 Å². The van der Waals surface area contributed by atoms with Gasteiger partial charge in [-0.3, -0.25) is 4.79 Å². The second-order valence-electron chi connectivity index (χ2n) is 9.49. The van der Waals surface area contributed by atoms with Gasteiger partial charge < -0.3 is 29.6 Å². The third kappa shape index (κ3) is 8.09. The van der Waals surface area contributed by atoms with Crippen LogP contribution in [-0.4, -0.2) is 81.4 Å². The predicted molar refractivity (Wildman–Crippen MR) is 143 cm³/mol. The number of ether oxygens (including phenoxy) is 2. The number of aromatic amines is 1. The maximum atomic E-state index is 13.8. The zero-order chi connectivity index (χ0) is 27.7. The number of amides is 1. The summed E-state index contributed by atoms with van der Waals surface area (Å²) in [6.07, 6.45) is 3.46. The highest BCUT2D eigenvalue weighted by Crippen LogP contribution is 2.26. The van der Waals surface area contributed by atoms with Crippen LogP contribution in [0.2, 0.25) is 0 Å². The van der Waals surface area contributed by atoms with Crippen LogP contribution < -0.4 is 14.9 Å².